The van der Waals surface area contributed by atoms with E-state index >= 15 is 0 Å². The number of carbonyl (C=O) groups is 4. The van der Waals surface area contributed by atoms with Gasteiger partial charge in [-0.05, 0) is 31.6 Å². The molecule has 0 aromatic heterocycles. The molecular formula is C74H144O17P2. The molecule has 552 valence electrons. The van der Waals surface area contributed by atoms with E-state index in [2.05, 4.69) is 34.6 Å². The SMILES string of the molecule is CCCCCCCCCCCCCCCCCCCC(=O)O[C@H](COC(=O)CCCCCCCCCCCCCCCCC)COP(=O)(O)OC[C@@H](O)COP(=O)(O)OC[C@@H](COC(=O)CCCCCCCCCC(C)C)OC(=O)CCCCCCCCCCCCC. The number of hydrogen-bond acceptors (Lipinski definition) is 15. The Morgan fingerprint density at radius 1 is 0.290 bits per heavy atom. The van der Waals surface area contributed by atoms with E-state index in [-0.39, 0.29) is 25.7 Å². The van der Waals surface area contributed by atoms with Crippen molar-refractivity contribution in [3.8, 4) is 0 Å². The van der Waals surface area contributed by atoms with Crippen LogP contribution in [0.1, 0.15) is 388 Å². The van der Waals surface area contributed by atoms with Crippen molar-refractivity contribution in [1.82, 2.24) is 0 Å². The molecule has 17 nitrogen and oxygen atoms in total. The van der Waals surface area contributed by atoms with Crippen molar-refractivity contribution in [2.45, 2.75) is 406 Å². The van der Waals surface area contributed by atoms with Gasteiger partial charge in [-0.15, -0.1) is 0 Å². The number of phosphoric acid groups is 2. The lowest BCUT2D eigenvalue weighted by molar-refractivity contribution is -0.161. The van der Waals surface area contributed by atoms with E-state index in [1.165, 1.54) is 205 Å². The normalized spacial score (nSPS) is 14.0. The zero-order valence-corrected chi connectivity index (χ0v) is 62.2. The van der Waals surface area contributed by atoms with Gasteiger partial charge >= 0.3 is 39.5 Å². The largest absolute Gasteiger partial charge is 0.472 e. The maximum absolute atomic E-state index is 13.1. The van der Waals surface area contributed by atoms with Gasteiger partial charge in [0.15, 0.2) is 12.2 Å². The summed E-state index contributed by atoms with van der Waals surface area (Å²) in [5, 5.41) is 10.6. The first-order valence-electron chi connectivity index (χ1n) is 38.6. The molecule has 3 N–H and O–H groups in total. The van der Waals surface area contributed by atoms with Gasteiger partial charge in [0.25, 0.3) is 0 Å². The number of esters is 4. The summed E-state index contributed by atoms with van der Waals surface area (Å²) < 4.78 is 68.4. The van der Waals surface area contributed by atoms with Crippen LogP contribution in [0.5, 0.6) is 0 Å². The van der Waals surface area contributed by atoms with Crippen molar-refractivity contribution < 1.29 is 80.2 Å². The number of aliphatic hydroxyl groups excluding tert-OH is 1. The van der Waals surface area contributed by atoms with E-state index in [9.17, 15) is 43.2 Å². The molecule has 0 aromatic carbocycles. The molecule has 0 saturated carbocycles. The summed E-state index contributed by atoms with van der Waals surface area (Å²) in [6.45, 7) is 7.22. The lowest BCUT2D eigenvalue weighted by atomic mass is 10.0. The van der Waals surface area contributed by atoms with Gasteiger partial charge in [-0.1, -0.05) is 336 Å². The van der Waals surface area contributed by atoms with Crippen LogP contribution in [0.25, 0.3) is 0 Å². The predicted molar refractivity (Wildman–Crippen MR) is 377 cm³/mol. The van der Waals surface area contributed by atoms with Crippen molar-refractivity contribution in [1.29, 1.82) is 0 Å². The van der Waals surface area contributed by atoms with Crippen molar-refractivity contribution in [3.63, 3.8) is 0 Å². The lowest BCUT2D eigenvalue weighted by Gasteiger charge is -2.21. The van der Waals surface area contributed by atoms with Crippen LogP contribution in [-0.4, -0.2) is 96.7 Å². The van der Waals surface area contributed by atoms with Gasteiger partial charge in [-0.3, -0.25) is 37.3 Å². The number of ether oxygens (including phenoxy) is 4. The second-order valence-corrected chi connectivity index (χ2v) is 30.1. The van der Waals surface area contributed by atoms with Crippen molar-refractivity contribution >= 4 is 39.5 Å². The number of rotatable bonds is 74. The van der Waals surface area contributed by atoms with Crippen molar-refractivity contribution in [3.05, 3.63) is 0 Å². The first kappa shape index (κ1) is 91.1. The second kappa shape index (κ2) is 67.3. The molecule has 19 heteroatoms. The highest BCUT2D eigenvalue weighted by atomic mass is 31.2. The fourth-order valence-electron chi connectivity index (χ4n) is 11.4. The van der Waals surface area contributed by atoms with Crippen LogP contribution < -0.4 is 0 Å². The third-order valence-corrected chi connectivity index (χ3v) is 19.2. The molecule has 0 aliphatic carbocycles. The van der Waals surface area contributed by atoms with E-state index in [0.29, 0.717) is 31.6 Å². The lowest BCUT2D eigenvalue weighted by Crippen LogP contribution is -2.30. The monoisotopic (exact) mass is 1370 g/mol. The van der Waals surface area contributed by atoms with Crippen molar-refractivity contribution in [2.24, 2.45) is 5.92 Å². The van der Waals surface area contributed by atoms with E-state index in [1.54, 1.807) is 0 Å². The van der Waals surface area contributed by atoms with E-state index in [0.717, 1.165) is 96.3 Å². The highest BCUT2D eigenvalue weighted by Gasteiger charge is 2.30. The molecule has 0 aliphatic rings. The Hall–Kier alpha value is -1.94. The summed E-state index contributed by atoms with van der Waals surface area (Å²) in [5.41, 5.74) is 0. The van der Waals surface area contributed by atoms with Gasteiger partial charge in [-0.25, -0.2) is 9.13 Å². The fourth-order valence-corrected chi connectivity index (χ4v) is 12.9. The number of unbranched alkanes of at least 4 members (excludes halogenated alkanes) is 46. The molecule has 0 aromatic rings. The molecule has 0 amide bonds. The highest BCUT2D eigenvalue weighted by Crippen LogP contribution is 2.45. The standard InChI is InChI=1S/C74H144O17P2/c1-6-9-12-15-18-21-24-26-28-29-31-33-36-39-44-50-55-60-74(79)90-69(63-84-71(76)57-52-47-42-37-35-32-30-27-25-22-19-16-13-10-7-2)65-88-92(80,81)86-61-68(75)62-87-93(82,83)89-66-70(64-85-72(77)58-53-48-45-40-41-46-51-56-67(4)5)91-73(78)59-54-49-43-38-34-23-20-17-14-11-8-3/h67-70,75H,6-66H2,1-5H3,(H,80,81)(H,82,83)/t68-,69-,70-/m1/s1. The van der Waals surface area contributed by atoms with Crippen LogP contribution in [0.2, 0.25) is 0 Å². The van der Waals surface area contributed by atoms with Crippen LogP contribution in [0.3, 0.4) is 0 Å². The second-order valence-electron chi connectivity index (χ2n) is 27.2. The molecule has 0 radical (unpaired) electrons. The molecule has 5 atom stereocenters. The smallest absolute Gasteiger partial charge is 0.462 e. The van der Waals surface area contributed by atoms with E-state index in [1.807, 2.05) is 0 Å². The maximum Gasteiger partial charge on any atom is 0.472 e. The first-order chi connectivity index (χ1) is 45.0. The third-order valence-electron chi connectivity index (χ3n) is 17.3. The Balaban J connectivity index is 5.23. The minimum Gasteiger partial charge on any atom is -0.462 e. The molecular weight excluding hydrogens is 1220 g/mol. The average molecular weight is 1370 g/mol. The van der Waals surface area contributed by atoms with E-state index in [4.69, 9.17) is 37.0 Å². The Kier molecular flexibility index (Phi) is 65.9. The van der Waals surface area contributed by atoms with Gasteiger partial charge in [0.05, 0.1) is 26.4 Å². The predicted octanol–water partition coefficient (Wildman–Crippen LogP) is 21.7. The Labute approximate surface area is 568 Å². The average Bonchev–Trinajstić information content (AvgIpc) is 3.75. The molecule has 0 heterocycles. The third kappa shape index (κ3) is 68.4. The highest BCUT2D eigenvalue weighted by molar-refractivity contribution is 7.47. The summed E-state index contributed by atoms with van der Waals surface area (Å²) in [6, 6.07) is 0. The number of hydrogen-bond donors (Lipinski definition) is 3. The number of aliphatic hydroxyl groups is 1. The summed E-state index contributed by atoms with van der Waals surface area (Å²) in [7, 11) is -9.90. The zero-order chi connectivity index (χ0) is 68.4. The molecule has 93 heavy (non-hydrogen) atoms. The van der Waals surface area contributed by atoms with Crippen LogP contribution >= 0.6 is 15.6 Å². The van der Waals surface area contributed by atoms with Gasteiger partial charge in [0, 0.05) is 25.7 Å². The number of phosphoric ester groups is 2. The maximum atomic E-state index is 13.1. The Morgan fingerprint density at radius 2 is 0.495 bits per heavy atom. The van der Waals surface area contributed by atoms with Gasteiger partial charge < -0.3 is 33.8 Å². The van der Waals surface area contributed by atoms with Crippen LogP contribution in [0.4, 0.5) is 0 Å². The molecule has 0 spiro atoms. The van der Waals surface area contributed by atoms with E-state index < -0.39 is 97.5 Å². The molecule has 0 aliphatic heterocycles. The molecule has 0 bridgehead atoms. The molecule has 2 unspecified atom stereocenters. The van der Waals surface area contributed by atoms with Gasteiger partial charge in [0.1, 0.15) is 19.3 Å². The van der Waals surface area contributed by atoms with Gasteiger partial charge in [-0.2, -0.15) is 0 Å². The first-order valence-corrected chi connectivity index (χ1v) is 41.6. The van der Waals surface area contributed by atoms with Crippen LogP contribution in [-0.2, 0) is 65.4 Å². The fraction of sp³-hybridized carbons (Fsp3) is 0.946. The minimum absolute atomic E-state index is 0.106. The Bertz CT molecular complexity index is 1790. The topological polar surface area (TPSA) is 237 Å². The quantitative estimate of drug-likeness (QED) is 0.0222. The summed E-state index contributed by atoms with van der Waals surface area (Å²) in [6.07, 6.45) is 55.5. The summed E-state index contributed by atoms with van der Waals surface area (Å²) in [4.78, 5) is 72.7. The van der Waals surface area contributed by atoms with Crippen LogP contribution in [0.15, 0.2) is 0 Å². The molecule has 0 rings (SSSR count). The summed E-state index contributed by atoms with van der Waals surface area (Å²) in [5.74, 6) is -1.41. The molecule has 0 fully saturated rings. The van der Waals surface area contributed by atoms with Crippen LogP contribution in [0, 0.1) is 5.92 Å². The van der Waals surface area contributed by atoms with Gasteiger partial charge in [0.2, 0.25) is 0 Å². The van der Waals surface area contributed by atoms with Crippen molar-refractivity contribution in [2.75, 3.05) is 39.6 Å². The minimum atomic E-state index is -4.95. The Morgan fingerprint density at radius 3 is 0.731 bits per heavy atom. The summed E-state index contributed by atoms with van der Waals surface area (Å²) >= 11 is 0. The number of carbonyl (C=O) groups excluding carboxylic acids is 4. The zero-order valence-electron chi connectivity index (χ0n) is 60.4. The molecule has 0 saturated heterocycles.